The van der Waals surface area contributed by atoms with E-state index >= 15 is 0 Å². The molecule has 2 aromatic rings. The highest BCUT2D eigenvalue weighted by Gasteiger charge is 2.06. The second-order valence-electron chi connectivity index (χ2n) is 5.25. The third-order valence-electron chi connectivity index (χ3n) is 3.43. The van der Waals surface area contributed by atoms with Crippen LogP contribution < -0.4 is 15.4 Å². The van der Waals surface area contributed by atoms with Crippen molar-refractivity contribution in [1.29, 1.82) is 0 Å². The first-order valence-corrected chi connectivity index (χ1v) is 9.04. The van der Waals surface area contributed by atoms with Crippen molar-refractivity contribution in [1.82, 2.24) is 10.6 Å². The molecule has 2 N–H and O–H groups in total. The average Bonchev–Trinajstić information content (AvgIpc) is 2.66. The summed E-state index contributed by atoms with van der Waals surface area (Å²) < 4.78 is 5.05. The zero-order valence-corrected chi connectivity index (χ0v) is 15.0. The van der Waals surface area contributed by atoms with Gasteiger partial charge >= 0.3 is 0 Å². The largest absolute Gasteiger partial charge is 0.497 e. The van der Waals surface area contributed by atoms with Crippen molar-refractivity contribution in [2.24, 2.45) is 0 Å². The number of nitrogens with one attached hydrogen (secondary N) is 2. The minimum absolute atomic E-state index is 0.0119. The van der Waals surface area contributed by atoms with Crippen LogP contribution >= 0.6 is 11.8 Å². The second-order valence-corrected chi connectivity index (χ2v) is 6.41. The molecular weight excluding hydrogens is 336 g/mol. The molecule has 0 aliphatic heterocycles. The second kappa shape index (κ2) is 10.4. The number of hydrogen-bond donors (Lipinski definition) is 2. The van der Waals surface area contributed by atoms with Gasteiger partial charge in [-0.1, -0.05) is 18.2 Å². The lowest BCUT2D eigenvalue weighted by atomic mass is 10.2. The molecule has 0 aromatic heterocycles. The lowest BCUT2D eigenvalue weighted by molar-refractivity contribution is -0.120. The summed E-state index contributed by atoms with van der Waals surface area (Å²) in [5, 5.41) is 5.58. The molecule has 0 aliphatic rings. The molecular formula is C19H22N2O3S. The molecule has 0 bridgehead atoms. The van der Waals surface area contributed by atoms with Crippen molar-refractivity contribution in [3.05, 3.63) is 60.2 Å². The van der Waals surface area contributed by atoms with Gasteiger partial charge < -0.3 is 15.4 Å². The van der Waals surface area contributed by atoms with Crippen LogP contribution in [0.5, 0.6) is 5.75 Å². The number of ether oxygens (including phenoxy) is 1. The highest BCUT2D eigenvalue weighted by Crippen LogP contribution is 2.17. The van der Waals surface area contributed by atoms with Gasteiger partial charge in [0.1, 0.15) is 5.75 Å². The van der Waals surface area contributed by atoms with Gasteiger partial charge in [-0.3, -0.25) is 9.59 Å². The van der Waals surface area contributed by atoms with Crippen molar-refractivity contribution in [2.75, 3.05) is 26.0 Å². The first kappa shape index (κ1) is 18.9. The Hall–Kier alpha value is -2.47. The molecule has 2 aromatic carbocycles. The Balaban J connectivity index is 1.58. The highest BCUT2D eigenvalue weighted by molar-refractivity contribution is 7.99. The molecule has 0 heterocycles. The van der Waals surface area contributed by atoms with E-state index in [-0.39, 0.29) is 11.8 Å². The quantitative estimate of drug-likeness (QED) is 0.534. The molecule has 0 radical (unpaired) electrons. The van der Waals surface area contributed by atoms with Gasteiger partial charge in [0, 0.05) is 35.7 Å². The fourth-order valence-electron chi connectivity index (χ4n) is 2.09. The van der Waals surface area contributed by atoms with Crippen molar-refractivity contribution < 1.29 is 14.3 Å². The summed E-state index contributed by atoms with van der Waals surface area (Å²) in [5.41, 5.74) is 0.561. The monoisotopic (exact) mass is 358 g/mol. The zero-order chi connectivity index (χ0) is 17.9. The molecule has 0 spiro atoms. The molecule has 0 atom stereocenters. The number of rotatable bonds is 9. The van der Waals surface area contributed by atoms with E-state index in [0.717, 1.165) is 10.6 Å². The van der Waals surface area contributed by atoms with Crippen molar-refractivity contribution in [3.63, 3.8) is 0 Å². The van der Waals surface area contributed by atoms with E-state index in [4.69, 9.17) is 4.74 Å². The van der Waals surface area contributed by atoms with E-state index in [1.807, 2.05) is 30.3 Å². The fraction of sp³-hybridized carbons (Fsp3) is 0.263. The molecule has 0 unspecified atom stereocenters. The van der Waals surface area contributed by atoms with Crippen molar-refractivity contribution >= 4 is 23.6 Å². The molecule has 2 amide bonds. The topological polar surface area (TPSA) is 67.4 Å². The summed E-state index contributed by atoms with van der Waals surface area (Å²) in [6.07, 6.45) is 0.450. The van der Waals surface area contributed by atoms with Gasteiger partial charge in [0.2, 0.25) is 5.91 Å². The summed E-state index contributed by atoms with van der Waals surface area (Å²) in [5.74, 6) is 1.25. The molecule has 0 saturated heterocycles. The summed E-state index contributed by atoms with van der Waals surface area (Å²) in [4.78, 5) is 24.9. The number of amides is 2. The first-order chi connectivity index (χ1) is 12.2. The lowest BCUT2D eigenvalue weighted by Gasteiger charge is -2.08. The Kier molecular flexibility index (Phi) is 7.85. The number of methoxy groups -OCH3 is 1. The number of carbonyl (C=O) groups is 2. The highest BCUT2D eigenvalue weighted by atomic mass is 32.2. The van der Waals surface area contributed by atoms with Crippen LogP contribution in [-0.2, 0) is 4.79 Å². The Morgan fingerprint density at radius 1 is 0.960 bits per heavy atom. The van der Waals surface area contributed by atoms with Crippen molar-refractivity contribution in [2.45, 2.75) is 11.3 Å². The summed E-state index contributed by atoms with van der Waals surface area (Å²) in [6.45, 7) is 0.805. The minimum atomic E-state index is -0.170. The predicted molar refractivity (Wildman–Crippen MR) is 100 cm³/mol. The standard InChI is InChI=1S/C19H22N2O3S/c1-24-16-9-7-15(8-10-16)19(23)21-13-12-20-18(22)11-14-25-17-5-3-2-4-6-17/h2-10H,11-14H2,1H3,(H,20,22)(H,21,23). The normalized spacial score (nSPS) is 10.1. The Morgan fingerprint density at radius 3 is 2.32 bits per heavy atom. The predicted octanol–water partition coefficient (Wildman–Crippen LogP) is 2.72. The van der Waals surface area contributed by atoms with E-state index in [1.54, 1.807) is 43.1 Å². The van der Waals surface area contributed by atoms with Crippen LogP contribution in [0.4, 0.5) is 0 Å². The molecule has 5 nitrogen and oxygen atoms in total. The Bertz CT molecular complexity index is 675. The maximum Gasteiger partial charge on any atom is 0.251 e. The van der Waals surface area contributed by atoms with E-state index in [1.165, 1.54) is 0 Å². The number of benzene rings is 2. The number of thioether (sulfide) groups is 1. The van der Waals surface area contributed by atoms with Crippen LogP contribution in [0.15, 0.2) is 59.5 Å². The van der Waals surface area contributed by atoms with E-state index in [9.17, 15) is 9.59 Å². The van der Waals surface area contributed by atoms with Gasteiger partial charge in [-0.25, -0.2) is 0 Å². The summed E-state index contributed by atoms with van der Waals surface area (Å²) in [7, 11) is 1.58. The van der Waals surface area contributed by atoms with E-state index < -0.39 is 0 Å². The third kappa shape index (κ3) is 6.89. The van der Waals surface area contributed by atoms with Crippen LogP contribution in [-0.4, -0.2) is 37.8 Å². The molecule has 0 saturated carbocycles. The van der Waals surface area contributed by atoms with Crippen LogP contribution in [0, 0.1) is 0 Å². The summed E-state index contributed by atoms with van der Waals surface area (Å²) >= 11 is 1.65. The van der Waals surface area contributed by atoms with Crippen molar-refractivity contribution in [3.8, 4) is 5.75 Å². The van der Waals surface area contributed by atoms with E-state index in [2.05, 4.69) is 10.6 Å². The number of carbonyl (C=O) groups excluding carboxylic acids is 2. The van der Waals surface area contributed by atoms with Gasteiger partial charge in [-0.05, 0) is 36.4 Å². The smallest absolute Gasteiger partial charge is 0.251 e. The van der Waals surface area contributed by atoms with Gasteiger partial charge in [0.15, 0.2) is 0 Å². The van der Waals surface area contributed by atoms with Crippen LogP contribution in [0.25, 0.3) is 0 Å². The molecule has 2 rings (SSSR count). The molecule has 0 fully saturated rings. The lowest BCUT2D eigenvalue weighted by Crippen LogP contribution is -2.34. The van der Waals surface area contributed by atoms with Gasteiger partial charge in [0.25, 0.3) is 5.91 Å². The molecule has 6 heteroatoms. The van der Waals surface area contributed by atoms with Crippen LogP contribution in [0.2, 0.25) is 0 Å². The van der Waals surface area contributed by atoms with Gasteiger partial charge in [-0.15, -0.1) is 11.8 Å². The Morgan fingerprint density at radius 2 is 1.64 bits per heavy atom. The molecule has 132 valence electrons. The third-order valence-corrected chi connectivity index (χ3v) is 4.44. The SMILES string of the molecule is COc1ccc(C(=O)NCCNC(=O)CCSc2ccccc2)cc1. The summed E-state index contributed by atoms with van der Waals surface area (Å²) in [6, 6.07) is 16.9. The van der Waals surface area contributed by atoms with E-state index in [0.29, 0.717) is 30.8 Å². The minimum Gasteiger partial charge on any atom is -0.497 e. The van der Waals surface area contributed by atoms with Gasteiger partial charge in [0.05, 0.1) is 7.11 Å². The molecule has 25 heavy (non-hydrogen) atoms. The maximum atomic E-state index is 11.9. The first-order valence-electron chi connectivity index (χ1n) is 8.06. The maximum absolute atomic E-state index is 11.9. The van der Waals surface area contributed by atoms with Crippen LogP contribution in [0.1, 0.15) is 16.8 Å². The van der Waals surface area contributed by atoms with Crippen LogP contribution in [0.3, 0.4) is 0 Å². The molecule has 0 aliphatic carbocycles. The van der Waals surface area contributed by atoms with Gasteiger partial charge in [-0.2, -0.15) is 0 Å². The average molecular weight is 358 g/mol. The Labute approximate surface area is 152 Å². The number of hydrogen-bond acceptors (Lipinski definition) is 4. The fourth-order valence-corrected chi connectivity index (χ4v) is 2.96. The zero-order valence-electron chi connectivity index (χ0n) is 14.2.